The van der Waals surface area contributed by atoms with Crippen LogP contribution in [0.4, 0.5) is 5.69 Å². The molecule has 1 amide bonds. The van der Waals surface area contributed by atoms with Crippen molar-refractivity contribution >= 4 is 39.9 Å². The number of nitrogens with two attached hydrogens (primary N) is 1. The molecule has 0 aliphatic rings. The van der Waals surface area contributed by atoms with E-state index in [1.807, 2.05) is 26.0 Å². The quantitative estimate of drug-likeness (QED) is 0.879. The van der Waals surface area contributed by atoms with Crippen molar-refractivity contribution in [3.8, 4) is 0 Å². The van der Waals surface area contributed by atoms with E-state index >= 15 is 0 Å². The molecule has 0 saturated carbocycles. The van der Waals surface area contributed by atoms with Crippen LogP contribution in [0.5, 0.6) is 0 Å². The fourth-order valence-electron chi connectivity index (χ4n) is 1.31. The molecule has 0 unspecified atom stereocenters. The van der Waals surface area contributed by atoms with E-state index in [0.717, 1.165) is 21.3 Å². The lowest BCUT2D eigenvalue weighted by Gasteiger charge is -2.18. The Balaban J connectivity index is 0.00000256. The minimum Gasteiger partial charge on any atom is -0.324 e. The van der Waals surface area contributed by atoms with Crippen LogP contribution in [0.3, 0.4) is 0 Å². The summed E-state index contributed by atoms with van der Waals surface area (Å²) in [7, 11) is 0. The number of halogens is 2. The number of carbonyl (C=O) groups excluding carboxylic acids is 1. The Bertz CT molecular complexity index is 404. The van der Waals surface area contributed by atoms with Gasteiger partial charge in [-0.15, -0.1) is 12.4 Å². The van der Waals surface area contributed by atoms with E-state index in [9.17, 15) is 4.79 Å². The normalized spacial score (nSPS) is 10.7. The van der Waals surface area contributed by atoms with E-state index in [2.05, 4.69) is 21.2 Å². The van der Waals surface area contributed by atoms with Crippen LogP contribution in [0.2, 0.25) is 0 Å². The molecule has 1 aromatic rings. The zero-order chi connectivity index (χ0) is 12.5. The smallest absolute Gasteiger partial charge is 0.243 e. The molecular weight excluding hydrogens is 304 g/mol. The molecule has 0 aromatic heterocycles. The molecule has 0 aliphatic heterocycles. The van der Waals surface area contributed by atoms with Gasteiger partial charge in [0.1, 0.15) is 0 Å². The van der Waals surface area contributed by atoms with Crippen molar-refractivity contribution in [2.24, 2.45) is 5.73 Å². The Labute approximate surface area is 117 Å². The first-order valence-electron chi connectivity index (χ1n) is 5.09. The van der Waals surface area contributed by atoms with Gasteiger partial charge in [0.2, 0.25) is 5.91 Å². The van der Waals surface area contributed by atoms with Crippen molar-refractivity contribution in [3.63, 3.8) is 0 Å². The molecule has 0 fully saturated rings. The summed E-state index contributed by atoms with van der Waals surface area (Å²) in [6.07, 6.45) is 0. The van der Waals surface area contributed by atoms with Gasteiger partial charge in [-0.2, -0.15) is 0 Å². The Kier molecular flexibility index (Phi) is 5.65. The molecule has 17 heavy (non-hydrogen) atoms. The second kappa shape index (κ2) is 5.85. The molecule has 0 saturated heterocycles. The van der Waals surface area contributed by atoms with Gasteiger partial charge in [-0.25, -0.2) is 0 Å². The number of aryl methyl sites for hydroxylation is 2. The Hall–Kier alpha value is -0.580. The Morgan fingerprint density at radius 3 is 2.06 bits per heavy atom. The van der Waals surface area contributed by atoms with Crippen LogP contribution in [0, 0.1) is 13.8 Å². The van der Waals surface area contributed by atoms with E-state index in [1.54, 1.807) is 13.8 Å². The van der Waals surface area contributed by atoms with Crippen molar-refractivity contribution in [2.75, 3.05) is 5.32 Å². The standard InChI is InChI=1S/C12H17BrN2O.ClH/c1-7-5-9(6-8(2)10(7)13)15-11(16)12(3,4)14;/h5-6H,14H2,1-4H3,(H,15,16);1H. The predicted molar refractivity (Wildman–Crippen MR) is 77.8 cm³/mol. The summed E-state index contributed by atoms with van der Waals surface area (Å²) in [6, 6.07) is 3.83. The van der Waals surface area contributed by atoms with Crippen LogP contribution < -0.4 is 11.1 Å². The number of carbonyl (C=O) groups is 1. The topological polar surface area (TPSA) is 55.1 Å². The van der Waals surface area contributed by atoms with Gasteiger partial charge in [-0.05, 0) is 51.0 Å². The minimum atomic E-state index is -0.866. The molecule has 5 heteroatoms. The molecular formula is C12H18BrClN2O. The minimum absolute atomic E-state index is 0. The predicted octanol–water partition coefficient (Wildman–Crippen LogP) is 3.16. The highest BCUT2D eigenvalue weighted by atomic mass is 79.9. The summed E-state index contributed by atoms with van der Waals surface area (Å²) in [4.78, 5) is 11.7. The third-order valence-corrected chi connectivity index (χ3v) is 3.53. The molecule has 0 radical (unpaired) electrons. The number of nitrogens with one attached hydrogen (secondary N) is 1. The van der Waals surface area contributed by atoms with Crippen LogP contribution in [0.15, 0.2) is 16.6 Å². The molecule has 0 spiro atoms. The molecule has 96 valence electrons. The fourth-order valence-corrected chi connectivity index (χ4v) is 1.54. The molecule has 0 aliphatic carbocycles. The SMILES string of the molecule is Cc1cc(NC(=O)C(C)(C)N)cc(C)c1Br.Cl. The van der Waals surface area contributed by atoms with Gasteiger partial charge < -0.3 is 11.1 Å². The fraction of sp³-hybridized carbons (Fsp3) is 0.417. The summed E-state index contributed by atoms with van der Waals surface area (Å²) in [6.45, 7) is 7.34. The molecule has 0 bridgehead atoms. The molecule has 1 rings (SSSR count). The van der Waals surface area contributed by atoms with Crippen molar-refractivity contribution < 1.29 is 4.79 Å². The maximum Gasteiger partial charge on any atom is 0.243 e. The van der Waals surface area contributed by atoms with Crippen LogP contribution in [0.25, 0.3) is 0 Å². The maximum atomic E-state index is 11.7. The van der Waals surface area contributed by atoms with Gasteiger partial charge in [0.15, 0.2) is 0 Å². The van der Waals surface area contributed by atoms with Gasteiger partial charge in [-0.1, -0.05) is 15.9 Å². The second-order valence-electron chi connectivity index (χ2n) is 4.60. The average molecular weight is 322 g/mol. The van der Waals surface area contributed by atoms with Gasteiger partial charge in [0.25, 0.3) is 0 Å². The monoisotopic (exact) mass is 320 g/mol. The van der Waals surface area contributed by atoms with E-state index in [-0.39, 0.29) is 18.3 Å². The first kappa shape index (κ1) is 16.4. The van der Waals surface area contributed by atoms with E-state index in [0.29, 0.717) is 0 Å². The van der Waals surface area contributed by atoms with Crippen molar-refractivity contribution in [3.05, 3.63) is 27.7 Å². The van der Waals surface area contributed by atoms with Crippen LogP contribution in [-0.2, 0) is 4.79 Å². The van der Waals surface area contributed by atoms with Crippen LogP contribution in [-0.4, -0.2) is 11.4 Å². The summed E-state index contributed by atoms with van der Waals surface area (Å²) < 4.78 is 1.07. The molecule has 3 N–H and O–H groups in total. The zero-order valence-corrected chi connectivity index (χ0v) is 12.8. The van der Waals surface area contributed by atoms with Gasteiger partial charge in [-0.3, -0.25) is 4.79 Å². The summed E-state index contributed by atoms with van der Waals surface area (Å²) >= 11 is 3.48. The number of hydrogen-bond donors (Lipinski definition) is 2. The lowest BCUT2D eigenvalue weighted by atomic mass is 10.1. The van der Waals surface area contributed by atoms with Gasteiger partial charge in [0, 0.05) is 10.2 Å². The van der Waals surface area contributed by atoms with Gasteiger partial charge in [0.05, 0.1) is 5.54 Å². The highest BCUT2D eigenvalue weighted by molar-refractivity contribution is 9.10. The lowest BCUT2D eigenvalue weighted by molar-refractivity contribution is -0.120. The highest BCUT2D eigenvalue weighted by Gasteiger charge is 2.21. The summed E-state index contributed by atoms with van der Waals surface area (Å²) in [5.74, 6) is -0.186. The molecule has 1 aromatic carbocycles. The highest BCUT2D eigenvalue weighted by Crippen LogP contribution is 2.25. The molecule has 0 atom stereocenters. The zero-order valence-electron chi connectivity index (χ0n) is 10.4. The Morgan fingerprint density at radius 2 is 1.71 bits per heavy atom. The number of anilines is 1. The van der Waals surface area contributed by atoms with E-state index in [4.69, 9.17) is 5.73 Å². The van der Waals surface area contributed by atoms with Crippen molar-refractivity contribution in [2.45, 2.75) is 33.2 Å². The second-order valence-corrected chi connectivity index (χ2v) is 5.39. The van der Waals surface area contributed by atoms with E-state index in [1.165, 1.54) is 0 Å². The summed E-state index contributed by atoms with van der Waals surface area (Å²) in [5, 5.41) is 2.81. The number of amides is 1. The van der Waals surface area contributed by atoms with Crippen molar-refractivity contribution in [1.29, 1.82) is 0 Å². The lowest BCUT2D eigenvalue weighted by Crippen LogP contribution is -2.45. The van der Waals surface area contributed by atoms with E-state index < -0.39 is 5.54 Å². The first-order valence-corrected chi connectivity index (χ1v) is 5.88. The summed E-state index contributed by atoms with van der Waals surface area (Å²) in [5.41, 5.74) is 7.80. The van der Waals surface area contributed by atoms with Crippen molar-refractivity contribution in [1.82, 2.24) is 0 Å². The number of rotatable bonds is 2. The number of benzene rings is 1. The van der Waals surface area contributed by atoms with Crippen LogP contribution in [0.1, 0.15) is 25.0 Å². The average Bonchev–Trinajstić information content (AvgIpc) is 2.12. The van der Waals surface area contributed by atoms with Crippen LogP contribution >= 0.6 is 28.3 Å². The number of hydrogen-bond acceptors (Lipinski definition) is 2. The third kappa shape index (κ3) is 4.30. The first-order chi connectivity index (χ1) is 7.21. The maximum absolute atomic E-state index is 11.7. The molecule has 0 heterocycles. The third-order valence-electron chi connectivity index (χ3n) is 2.28. The largest absolute Gasteiger partial charge is 0.324 e. The Morgan fingerprint density at radius 1 is 1.29 bits per heavy atom. The van der Waals surface area contributed by atoms with Gasteiger partial charge >= 0.3 is 0 Å². The molecule has 3 nitrogen and oxygen atoms in total.